The first kappa shape index (κ1) is 22.7. The molecule has 6 nitrogen and oxygen atoms in total. The number of fused-ring (bicyclic) bond motifs is 1. The van der Waals surface area contributed by atoms with Gasteiger partial charge in [-0.25, -0.2) is 4.98 Å². The van der Waals surface area contributed by atoms with Crippen LogP contribution in [0.3, 0.4) is 0 Å². The van der Waals surface area contributed by atoms with Crippen molar-refractivity contribution in [3.05, 3.63) is 81.8 Å². The minimum absolute atomic E-state index is 0.0724. The number of hydrogen-bond donors (Lipinski definition) is 0. The number of methoxy groups -OCH3 is 1. The predicted octanol–water partition coefficient (Wildman–Crippen LogP) is 5.24. The van der Waals surface area contributed by atoms with Gasteiger partial charge in [0, 0.05) is 23.7 Å². The van der Waals surface area contributed by atoms with Gasteiger partial charge in [0.25, 0.3) is 5.56 Å². The van der Waals surface area contributed by atoms with Crippen LogP contribution in [0.15, 0.2) is 59.4 Å². The lowest BCUT2D eigenvalue weighted by molar-refractivity contribution is 0.123. The van der Waals surface area contributed by atoms with Crippen LogP contribution < -0.4 is 15.2 Å². The van der Waals surface area contributed by atoms with Gasteiger partial charge in [-0.2, -0.15) is 0 Å². The standard InChI is InChI=1S/C28H34N4O2/c1-21-26(18-22-10-6-5-7-11-22)27(33)32-20-30(23-12-8-3-4-9-13-23)19-31(28(32)29-21)24-14-16-25(34-2)17-15-24/h5-7,10-11,14-17,23H,3-4,8-9,12-13,18-20H2,1-2H3. The minimum atomic E-state index is 0.0724. The maximum absolute atomic E-state index is 13.9. The molecule has 2 heterocycles. The lowest BCUT2D eigenvalue weighted by Crippen LogP contribution is -2.51. The number of rotatable bonds is 5. The molecule has 178 valence electrons. The third-order valence-corrected chi connectivity index (χ3v) is 7.29. The summed E-state index contributed by atoms with van der Waals surface area (Å²) in [7, 11) is 1.68. The van der Waals surface area contributed by atoms with Crippen LogP contribution in [0.1, 0.15) is 55.3 Å². The fraction of sp³-hybridized carbons (Fsp3) is 0.429. The monoisotopic (exact) mass is 458 g/mol. The molecular weight excluding hydrogens is 424 g/mol. The van der Waals surface area contributed by atoms with E-state index in [4.69, 9.17) is 9.72 Å². The molecule has 1 fully saturated rings. The van der Waals surface area contributed by atoms with E-state index in [-0.39, 0.29) is 5.56 Å². The van der Waals surface area contributed by atoms with E-state index in [1.807, 2.05) is 41.8 Å². The lowest BCUT2D eigenvalue weighted by atomic mass is 10.0. The summed E-state index contributed by atoms with van der Waals surface area (Å²) in [4.78, 5) is 23.5. The van der Waals surface area contributed by atoms with Gasteiger partial charge in [-0.3, -0.25) is 19.2 Å². The molecule has 5 rings (SSSR count). The average molecular weight is 459 g/mol. The van der Waals surface area contributed by atoms with Crippen molar-refractivity contribution >= 4 is 11.6 Å². The summed E-state index contributed by atoms with van der Waals surface area (Å²) >= 11 is 0. The number of aromatic nitrogens is 2. The highest BCUT2D eigenvalue weighted by Crippen LogP contribution is 2.32. The van der Waals surface area contributed by atoms with Crippen LogP contribution in [-0.2, 0) is 13.1 Å². The summed E-state index contributed by atoms with van der Waals surface area (Å²) in [5, 5.41) is 0. The van der Waals surface area contributed by atoms with Crippen LogP contribution in [-0.4, -0.2) is 34.3 Å². The topological polar surface area (TPSA) is 50.6 Å². The molecule has 3 aromatic rings. The number of ether oxygens (including phenoxy) is 1. The summed E-state index contributed by atoms with van der Waals surface area (Å²) in [5.74, 6) is 1.55. The molecule has 0 amide bonds. The van der Waals surface area contributed by atoms with E-state index in [1.165, 1.54) is 38.5 Å². The molecule has 1 saturated carbocycles. The van der Waals surface area contributed by atoms with Gasteiger partial charge < -0.3 is 4.74 Å². The van der Waals surface area contributed by atoms with E-state index in [0.717, 1.165) is 40.9 Å². The Morgan fingerprint density at radius 2 is 1.65 bits per heavy atom. The number of hydrogen-bond acceptors (Lipinski definition) is 5. The molecule has 0 unspecified atom stereocenters. The van der Waals surface area contributed by atoms with E-state index in [9.17, 15) is 4.79 Å². The smallest absolute Gasteiger partial charge is 0.259 e. The third-order valence-electron chi connectivity index (χ3n) is 7.29. The Kier molecular flexibility index (Phi) is 6.68. The highest BCUT2D eigenvalue weighted by atomic mass is 16.5. The first-order valence-electron chi connectivity index (χ1n) is 12.4. The van der Waals surface area contributed by atoms with Crippen molar-refractivity contribution in [2.75, 3.05) is 18.7 Å². The average Bonchev–Trinajstić information content (AvgIpc) is 3.17. The van der Waals surface area contributed by atoms with Crippen molar-refractivity contribution in [2.45, 2.75) is 64.6 Å². The Morgan fingerprint density at radius 1 is 0.941 bits per heavy atom. The summed E-state index contributed by atoms with van der Waals surface area (Å²) < 4.78 is 7.26. The Morgan fingerprint density at radius 3 is 2.32 bits per heavy atom. The van der Waals surface area contributed by atoms with Crippen LogP contribution in [0.25, 0.3) is 0 Å². The van der Waals surface area contributed by atoms with Gasteiger partial charge in [-0.15, -0.1) is 0 Å². The number of benzene rings is 2. The second kappa shape index (κ2) is 10.0. The summed E-state index contributed by atoms with van der Waals surface area (Å²) in [6.07, 6.45) is 8.13. The number of anilines is 2. The van der Waals surface area contributed by atoms with Crippen molar-refractivity contribution in [3.8, 4) is 5.75 Å². The minimum Gasteiger partial charge on any atom is -0.497 e. The summed E-state index contributed by atoms with van der Waals surface area (Å²) in [6.45, 7) is 3.30. The van der Waals surface area contributed by atoms with Crippen LogP contribution >= 0.6 is 0 Å². The maximum atomic E-state index is 13.9. The highest BCUT2D eigenvalue weighted by molar-refractivity contribution is 5.59. The zero-order valence-electron chi connectivity index (χ0n) is 20.2. The molecule has 2 aliphatic rings. The van der Waals surface area contributed by atoms with Crippen molar-refractivity contribution < 1.29 is 4.74 Å². The lowest BCUT2D eigenvalue weighted by Gasteiger charge is -2.42. The van der Waals surface area contributed by atoms with Gasteiger partial charge in [0.2, 0.25) is 5.95 Å². The van der Waals surface area contributed by atoms with E-state index in [2.05, 4.69) is 34.1 Å². The number of aryl methyl sites for hydroxylation is 1. The van der Waals surface area contributed by atoms with Crippen molar-refractivity contribution in [3.63, 3.8) is 0 Å². The molecule has 0 spiro atoms. The van der Waals surface area contributed by atoms with Crippen molar-refractivity contribution in [2.24, 2.45) is 0 Å². The number of nitrogens with zero attached hydrogens (tertiary/aromatic N) is 4. The first-order chi connectivity index (χ1) is 16.6. The molecular formula is C28H34N4O2. The largest absolute Gasteiger partial charge is 0.497 e. The second-order valence-electron chi connectivity index (χ2n) is 9.51. The van der Waals surface area contributed by atoms with Gasteiger partial charge >= 0.3 is 0 Å². The molecule has 1 aromatic heterocycles. The Hall–Kier alpha value is -3.12. The van der Waals surface area contributed by atoms with Gasteiger partial charge in [0.05, 0.1) is 26.1 Å². The van der Waals surface area contributed by atoms with Crippen LogP contribution in [0.5, 0.6) is 5.75 Å². The Bertz CT molecular complexity index is 1170. The summed E-state index contributed by atoms with van der Waals surface area (Å²) in [5.41, 5.74) is 3.82. The Balaban J connectivity index is 1.57. The first-order valence-corrected chi connectivity index (χ1v) is 12.4. The van der Waals surface area contributed by atoms with Gasteiger partial charge in [-0.05, 0) is 49.6 Å². The maximum Gasteiger partial charge on any atom is 0.259 e. The van der Waals surface area contributed by atoms with Gasteiger partial charge in [0.1, 0.15) is 5.75 Å². The molecule has 2 aromatic carbocycles. The SMILES string of the molecule is COc1ccc(N2CN(C3CCCCCC3)Cn3c2nc(C)c(Cc2ccccc2)c3=O)cc1. The normalized spacial score (nSPS) is 17.3. The zero-order chi connectivity index (χ0) is 23.5. The van der Waals surface area contributed by atoms with E-state index in [0.29, 0.717) is 19.1 Å². The predicted molar refractivity (Wildman–Crippen MR) is 136 cm³/mol. The van der Waals surface area contributed by atoms with E-state index in [1.54, 1.807) is 7.11 Å². The fourth-order valence-corrected chi connectivity index (χ4v) is 5.31. The molecule has 1 aliphatic carbocycles. The van der Waals surface area contributed by atoms with Crippen LogP contribution in [0.2, 0.25) is 0 Å². The van der Waals surface area contributed by atoms with E-state index >= 15 is 0 Å². The zero-order valence-corrected chi connectivity index (χ0v) is 20.2. The van der Waals surface area contributed by atoms with Crippen LogP contribution in [0.4, 0.5) is 11.6 Å². The molecule has 0 N–H and O–H groups in total. The molecule has 0 atom stereocenters. The molecule has 1 aliphatic heterocycles. The molecule has 34 heavy (non-hydrogen) atoms. The Labute approximate surface area is 201 Å². The molecule has 6 heteroatoms. The van der Waals surface area contributed by atoms with Crippen molar-refractivity contribution in [1.29, 1.82) is 0 Å². The van der Waals surface area contributed by atoms with Crippen molar-refractivity contribution in [1.82, 2.24) is 14.5 Å². The second-order valence-corrected chi connectivity index (χ2v) is 9.51. The van der Waals surface area contributed by atoms with Gasteiger partial charge in [0.15, 0.2) is 0 Å². The molecule has 0 bridgehead atoms. The fourth-order valence-electron chi connectivity index (χ4n) is 5.31. The summed E-state index contributed by atoms with van der Waals surface area (Å²) in [6, 6.07) is 18.7. The third kappa shape index (κ3) is 4.60. The molecule has 0 saturated heterocycles. The van der Waals surface area contributed by atoms with Crippen LogP contribution in [0, 0.1) is 6.92 Å². The van der Waals surface area contributed by atoms with E-state index < -0.39 is 0 Å². The van der Waals surface area contributed by atoms with Gasteiger partial charge in [-0.1, -0.05) is 56.0 Å². The highest BCUT2D eigenvalue weighted by Gasteiger charge is 2.31. The molecule has 0 radical (unpaired) electrons. The quantitative estimate of drug-likeness (QED) is 0.489.